The molecule has 8 atom stereocenters. The van der Waals surface area contributed by atoms with E-state index >= 15 is 0 Å². The molecular weight excluding hydrogens is 687 g/mol. The number of ether oxygens (including phenoxy) is 4. The van der Waals surface area contributed by atoms with Crippen molar-refractivity contribution in [2.45, 2.75) is 109 Å². The van der Waals surface area contributed by atoms with Crippen LogP contribution in [0.2, 0.25) is 0 Å². The van der Waals surface area contributed by atoms with Gasteiger partial charge in [-0.2, -0.15) is 0 Å². The maximum Gasteiger partial charge on any atom is 0.408 e. The number of carbonyl (C=O) groups is 4. The fourth-order valence-corrected chi connectivity index (χ4v) is 7.13. The Hall–Kier alpha value is -3.46. The molecule has 1 aromatic rings. The topological polar surface area (TPSA) is 157 Å². The zero-order valence-corrected chi connectivity index (χ0v) is 33.2. The number of alkyl carbamates (subject to hydrolysis) is 1. The van der Waals surface area contributed by atoms with Crippen LogP contribution in [0.15, 0.2) is 47.5 Å². The summed E-state index contributed by atoms with van der Waals surface area (Å²) in [6, 6.07) is 8.35. The number of amides is 4. The minimum atomic E-state index is -0.977. The molecule has 0 saturated carbocycles. The van der Waals surface area contributed by atoms with Gasteiger partial charge in [-0.15, -0.1) is 11.8 Å². The number of thioether (sulfide) groups is 1. The molecule has 0 spiro atoms. The second kappa shape index (κ2) is 20.1. The maximum absolute atomic E-state index is 13.7. The summed E-state index contributed by atoms with van der Waals surface area (Å²) in [5.41, 5.74) is 0.362. The molecular formula is C38H59N5O8S. The Morgan fingerprint density at radius 1 is 1.06 bits per heavy atom. The normalized spacial score (nSPS) is 22.7. The molecule has 0 bridgehead atoms. The minimum Gasteiger partial charge on any atom is -0.444 e. The first-order chi connectivity index (χ1) is 24.6. The minimum absolute atomic E-state index is 0.00409. The van der Waals surface area contributed by atoms with E-state index in [0.717, 1.165) is 22.8 Å². The average molecular weight is 746 g/mol. The predicted octanol–water partition coefficient (Wildman–Crippen LogP) is 3.75. The summed E-state index contributed by atoms with van der Waals surface area (Å²) < 4.78 is 23.0. The molecule has 2 aliphatic rings. The van der Waals surface area contributed by atoms with Crippen molar-refractivity contribution in [2.75, 3.05) is 40.1 Å². The summed E-state index contributed by atoms with van der Waals surface area (Å²) >= 11 is 1.64. The number of methoxy groups -OCH3 is 2. The van der Waals surface area contributed by atoms with Gasteiger partial charge < -0.3 is 39.8 Å². The number of likely N-dealkylation sites (N-methyl/N-ethyl adjacent to an activating group) is 1. The van der Waals surface area contributed by atoms with Gasteiger partial charge in [0.1, 0.15) is 30.0 Å². The van der Waals surface area contributed by atoms with Gasteiger partial charge in [0.2, 0.25) is 11.8 Å². The lowest BCUT2D eigenvalue weighted by molar-refractivity contribution is -0.137. The largest absolute Gasteiger partial charge is 0.444 e. The van der Waals surface area contributed by atoms with E-state index in [1.165, 1.54) is 20.3 Å². The van der Waals surface area contributed by atoms with E-state index in [1.807, 2.05) is 58.0 Å². The molecule has 2 unspecified atom stereocenters. The van der Waals surface area contributed by atoms with Gasteiger partial charge in [0.05, 0.1) is 17.1 Å². The molecule has 4 amide bonds. The highest BCUT2D eigenvalue weighted by Gasteiger charge is 2.49. The van der Waals surface area contributed by atoms with Crippen LogP contribution in [0.4, 0.5) is 4.79 Å². The summed E-state index contributed by atoms with van der Waals surface area (Å²) in [5, 5.41) is 9.60. The Kier molecular flexibility index (Phi) is 16.6. The lowest BCUT2D eigenvalue weighted by Crippen LogP contribution is -2.54. The SMILES string of the molecule is CC[C@H](C)C(/C=C/C(=O)NCC1O[C@@H](C(=O)N[C@@H](Cc2ccccc2)C2=NCCS2)[C@@H](OC)[C@@H]1OC)N(C)C(=O)[C@@H](NC(=O)OC(C)(C)C)C(C)C. The van der Waals surface area contributed by atoms with Crippen molar-refractivity contribution >= 4 is 40.6 Å². The highest BCUT2D eigenvalue weighted by Crippen LogP contribution is 2.27. The lowest BCUT2D eigenvalue weighted by atomic mass is 9.95. The Labute approximate surface area is 313 Å². The van der Waals surface area contributed by atoms with E-state index in [9.17, 15) is 19.2 Å². The van der Waals surface area contributed by atoms with Gasteiger partial charge >= 0.3 is 6.09 Å². The van der Waals surface area contributed by atoms with Gasteiger partial charge in [0.25, 0.3) is 5.91 Å². The van der Waals surface area contributed by atoms with Gasteiger partial charge in [-0.25, -0.2) is 4.79 Å². The van der Waals surface area contributed by atoms with E-state index in [0.29, 0.717) is 13.0 Å². The van der Waals surface area contributed by atoms with Gasteiger partial charge in [-0.05, 0) is 44.6 Å². The quantitative estimate of drug-likeness (QED) is 0.202. The number of nitrogens with zero attached hydrogens (tertiary/aromatic N) is 2. The first-order valence-electron chi connectivity index (χ1n) is 18.0. The van der Waals surface area contributed by atoms with Crippen LogP contribution in [0.25, 0.3) is 0 Å². The Morgan fingerprint density at radius 3 is 2.29 bits per heavy atom. The lowest BCUT2D eigenvalue weighted by Gasteiger charge is -2.34. The number of hydrogen-bond acceptors (Lipinski definition) is 10. The van der Waals surface area contributed by atoms with Crippen molar-refractivity contribution in [1.29, 1.82) is 0 Å². The van der Waals surface area contributed by atoms with E-state index in [2.05, 4.69) is 20.9 Å². The molecule has 0 radical (unpaired) electrons. The van der Waals surface area contributed by atoms with Crippen LogP contribution in [0.3, 0.4) is 0 Å². The van der Waals surface area contributed by atoms with Crippen LogP contribution in [0.5, 0.6) is 0 Å². The molecule has 290 valence electrons. The molecule has 1 aromatic carbocycles. The fourth-order valence-electron chi connectivity index (χ4n) is 6.21. The zero-order valence-electron chi connectivity index (χ0n) is 32.3. The van der Waals surface area contributed by atoms with Crippen molar-refractivity contribution in [1.82, 2.24) is 20.9 Å². The van der Waals surface area contributed by atoms with E-state index < -0.39 is 54.1 Å². The highest BCUT2D eigenvalue weighted by molar-refractivity contribution is 8.14. The maximum atomic E-state index is 13.7. The van der Waals surface area contributed by atoms with Gasteiger partial charge in [-0.1, -0.05) is 70.5 Å². The number of benzene rings is 1. The number of rotatable bonds is 17. The molecule has 0 aliphatic carbocycles. The summed E-state index contributed by atoms with van der Waals surface area (Å²) in [4.78, 5) is 59.3. The van der Waals surface area contributed by atoms with Crippen LogP contribution in [-0.2, 0) is 39.8 Å². The van der Waals surface area contributed by atoms with Crippen LogP contribution in [0, 0.1) is 11.8 Å². The standard InChI is InChI=1S/C38H59N5O8S/c1-11-24(4)27(43(8)36(46)30(23(2)3)42-37(47)51-38(5,6)7)17-18-29(44)40-22-28-31(48-9)32(49-10)33(50-28)34(45)41-26(35-39-19-20-52-35)21-25-15-13-12-14-16-25/h12-18,23-24,26-28,30-33H,11,19-22H2,1-10H3,(H,40,44)(H,41,45)(H,42,47)/b18-17+/t24-,26-,27?,28?,30-,31+,32-,33+/m0/s1. The first-order valence-corrected chi connectivity index (χ1v) is 19.0. The van der Waals surface area contributed by atoms with Crippen LogP contribution in [-0.4, -0.2) is 122 Å². The summed E-state index contributed by atoms with van der Waals surface area (Å²) in [6.45, 7) is 13.7. The van der Waals surface area contributed by atoms with Crippen molar-refractivity contribution in [3.63, 3.8) is 0 Å². The molecule has 1 saturated heterocycles. The van der Waals surface area contributed by atoms with E-state index in [-0.39, 0.29) is 36.2 Å². The summed E-state index contributed by atoms with van der Waals surface area (Å²) in [6.07, 6.45) is 0.759. The van der Waals surface area contributed by atoms with Crippen molar-refractivity contribution < 1.29 is 38.1 Å². The fraction of sp³-hybridized carbons (Fsp3) is 0.658. The zero-order chi connectivity index (χ0) is 38.6. The Morgan fingerprint density at radius 2 is 1.73 bits per heavy atom. The third kappa shape index (κ3) is 12.3. The van der Waals surface area contributed by atoms with Crippen LogP contribution in [0.1, 0.15) is 60.5 Å². The summed E-state index contributed by atoms with van der Waals surface area (Å²) in [5.74, 6) is -0.375. The third-order valence-corrected chi connectivity index (χ3v) is 10.3. The Bertz CT molecular complexity index is 1400. The third-order valence-electron chi connectivity index (χ3n) is 9.17. The van der Waals surface area contributed by atoms with E-state index in [4.69, 9.17) is 18.9 Å². The van der Waals surface area contributed by atoms with Crippen molar-refractivity contribution in [2.24, 2.45) is 16.8 Å². The number of carbonyl (C=O) groups excluding carboxylic acids is 4. The van der Waals surface area contributed by atoms with Gasteiger partial charge in [-0.3, -0.25) is 19.4 Å². The molecule has 3 N–H and O–H groups in total. The van der Waals surface area contributed by atoms with Crippen molar-refractivity contribution in [3.8, 4) is 0 Å². The first kappa shape index (κ1) is 42.9. The predicted molar refractivity (Wildman–Crippen MR) is 203 cm³/mol. The van der Waals surface area contributed by atoms with Crippen LogP contribution >= 0.6 is 11.8 Å². The molecule has 3 rings (SSSR count). The molecule has 13 nitrogen and oxygen atoms in total. The van der Waals surface area contributed by atoms with E-state index in [1.54, 1.807) is 50.6 Å². The molecule has 1 fully saturated rings. The number of hydrogen-bond donors (Lipinski definition) is 3. The monoisotopic (exact) mass is 745 g/mol. The van der Waals surface area contributed by atoms with Crippen molar-refractivity contribution in [3.05, 3.63) is 48.0 Å². The smallest absolute Gasteiger partial charge is 0.408 e. The highest BCUT2D eigenvalue weighted by atomic mass is 32.2. The second-order valence-corrected chi connectivity index (χ2v) is 15.7. The number of nitrogens with one attached hydrogen (secondary N) is 3. The average Bonchev–Trinajstić information content (AvgIpc) is 3.77. The van der Waals surface area contributed by atoms with Gasteiger partial charge in [0.15, 0.2) is 6.10 Å². The molecule has 2 heterocycles. The number of aliphatic imine (C=N–C) groups is 1. The molecule has 2 aliphatic heterocycles. The van der Waals surface area contributed by atoms with Crippen LogP contribution < -0.4 is 16.0 Å². The van der Waals surface area contributed by atoms with Gasteiger partial charge in [0, 0.05) is 46.2 Å². The Balaban J connectivity index is 1.67. The molecule has 14 heteroatoms. The summed E-state index contributed by atoms with van der Waals surface area (Å²) in [7, 11) is 4.69. The molecule has 0 aromatic heterocycles. The second-order valence-electron chi connectivity index (χ2n) is 14.6. The molecule has 52 heavy (non-hydrogen) atoms.